The molecule has 0 spiro atoms. The summed E-state index contributed by atoms with van der Waals surface area (Å²) in [5, 5.41) is 2.07. The Hall–Kier alpha value is -1.03. The molecule has 4 heteroatoms. The summed E-state index contributed by atoms with van der Waals surface area (Å²) in [4.78, 5) is 2.46. The number of ether oxygens (including phenoxy) is 1. The van der Waals surface area contributed by atoms with Crippen molar-refractivity contribution in [1.82, 2.24) is 9.47 Å². The van der Waals surface area contributed by atoms with E-state index in [1.54, 1.807) is 0 Å². The molecule has 0 bridgehead atoms. The van der Waals surface area contributed by atoms with Gasteiger partial charge in [-0.2, -0.15) is 0 Å². The largest absolute Gasteiger partial charge is 0.379 e. The molecule has 0 N–H and O–H groups in total. The summed E-state index contributed by atoms with van der Waals surface area (Å²) in [5.74, 6) is 0. The number of hydrogen-bond donors (Lipinski definition) is 0. The van der Waals surface area contributed by atoms with Gasteiger partial charge in [-0.25, -0.2) is 0 Å². The van der Waals surface area contributed by atoms with Gasteiger partial charge in [0.25, 0.3) is 0 Å². The number of halogens is 1. The predicted molar refractivity (Wildman–Crippen MR) is 83.4 cm³/mol. The zero-order valence-corrected chi connectivity index (χ0v) is 12.9. The van der Waals surface area contributed by atoms with E-state index in [2.05, 4.69) is 41.5 Å². The first kappa shape index (κ1) is 13.9. The van der Waals surface area contributed by atoms with Gasteiger partial charge in [-0.3, -0.25) is 4.90 Å². The van der Waals surface area contributed by atoms with Gasteiger partial charge < -0.3 is 9.30 Å². The van der Waals surface area contributed by atoms with Gasteiger partial charge in [0.15, 0.2) is 0 Å². The minimum absolute atomic E-state index is 0.432. The van der Waals surface area contributed by atoms with Gasteiger partial charge in [-0.15, -0.1) is 0 Å². The van der Waals surface area contributed by atoms with E-state index in [1.807, 2.05) is 6.07 Å². The van der Waals surface area contributed by atoms with E-state index in [0.29, 0.717) is 6.04 Å². The van der Waals surface area contributed by atoms with Crippen LogP contribution in [0.5, 0.6) is 0 Å². The molecule has 0 radical (unpaired) electrons. The molecule has 3 rings (SSSR count). The quantitative estimate of drug-likeness (QED) is 0.858. The molecular weight excluding hydrogens is 272 g/mol. The first-order valence-electron chi connectivity index (χ1n) is 7.24. The molecule has 1 aliphatic rings. The molecule has 1 aromatic heterocycles. The molecule has 0 aliphatic carbocycles. The van der Waals surface area contributed by atoms with Gasteiger partial charge in [-0.1, -0.05) is 17.7 Å². The van der Waals surface area contributed by atoms with Gasteiger partial charge >= 0.3 is 0 Å². The van der Waals surface area contributed by atoms with Crippen molar-refractivity contribution in [3.05, 3.63) is 35.0 Å². The summed E-state index contributed by atoms with van der Waals surface area (Å²) in [6.45, 7) is 9.14. The number of morpholine rings is 1. The molecule has 1 fully saturated rings. The van der Waals surface area contributed by atoms with Crippen LogP contribution in [0, 0.1) is 0 Å². The number of aromatic nitrogens is 1. The third-order valence-corrected chi connectivity index (χ3v) is 4.12. The van der Waals surface area contributed by atoms with Crippen molar-refractivity contribution in [2.24, 2.45) is 0 Å². The summed E-state index contributed by atoms with van der Waals surface area (Å²) in [5.41, 5.74) is 2.59. The second kappa shape index (κ2) is 5.76. The zero-order chi connectivity index (χ0) is 14.1. The van der Waals surface area contributed by atoms with Gasteiger partial charge in [-0.05, 0) is 32.0 Å². The van der Waals surface area contributed by atoms with Crippen LogP contribution < -0.4 is 0 Å². The SMILES string of the molecule is CC(C)n1c(CN2CCOCC2)cc2ccc(Cl)cc21. The molecule has 3 nitrogen and oxygen atoms in total. The molecule has 0 atom stereocenters. The van der Waals surface area contributed by atoms with E-state index in [4.69, 9.17) is 16.3 Å². The Labute approximate surface area is 125 Å². The fourth-order valence-electron chi connectivity index (χ4n) is 2.97. The standard InChI is InChI=1S/C16H21ClN2O/c1-12(2)19-15(11-18-5-7-20-8-6-18)9-13-3-4-14(17)10-16(13)19/h3-4,9-10,12H,5-8,11H2,1-2H3. The van der Waals surface area contributed by atoms with E-state index >= 15 is 0 Å². The first-order chi connectivity index (χ1) is 9.65. The molecule has 1 saturated heterocycles. The number of rotatable bonds is 3. The Morgan fingerprint density at radius 2 is 1.95 bits per heavy atom. The summed E-state index contributed by atoms with van der Waals surface area (Å²) < 4.78 is 7.82. The molecule has 20 heavy (non-hydrogen) atoms. The number of nitrogens with zero attached hydrogens (tertiary/aromatic N) is 2. The predicted octanol–water partition coefficient (Wildman–Crippen LogP) is 3.71. The van der Waals surface area contributed by atoms with E-state index in [1.165, 1.54) is 16.6 Å². The Morgan fingerprint density at radius 1 is 1.20 bits per heavy atom. The molecule has 0 unspecified atom stereocenters. The molecule has 0 amide bonds. The third kappa shape index (κ3) is 2.71. The van der Waals surface area contributed by atoms with Crippen molar-refractivity contribution in [1.29, 1.82) is 0 Å². The topological polar surface area (TPSA) is 17.4 Å². The lowest BCUT2D eigenvalue weighted by Crippen LogP contribution is -2.36. The molecule has 0 saturated carbocycles. The Kier molecular flexibility index (Phi) is 4.01. The average molecular weight is 293 g/mol. The Morgan fingerprint density at radius 3 is 2.65 bits per heavy atom. The van der Waals surface area contributed by atoms with Gasteiger partial charge in [0.1, 0.15) is 0 Å². The fraction of sp³-hybridized carbons (Fsp3) is 0.500. The average Bonchev–Trinajstić information content (AvgIpc) is 2.77. The lowest BCUT2D eigenvalue weighted by atomic mass is 10.2. The van der Waals surface area contributed by atoms with Crippen LogP contribution >= 0.6 is 11.6 Å². The Bertz CT molecular complexity index is 600. The number of hydrogen-bond acceptors (Lipinski definition) is 2. The van der Waals surface area contributed by atoms with Crippen LogP contribution in [-0.4, -0.2) is 35.8 Å². The molecular formula is C16H21ClN2O. The summed E-state index contributed by atoms with van der Waals surface area (Å²) in [6.07, 6.45) is 0. The van der Waals surface area contributed by atoms with Gasteiger partial charge in [0.2, 0.25) is 0 Å². The van der Waals surface area contributed by atoms with Crippen molar-refractivity contribution < 1.29 is 4.74 Å². The molecule has 108 valence electrons. The smallest absolute Gasteiger partial charge is 0.0594 e. The first-order valence-corrected chi connectivity index (χ1v) is 7.62. The third-order valence-electron chi connectivity index (χ3n) is 3.89. The maximum atomic E-state index is 6.16. The van der Waals surface area contributed by atoms with E-state index in [0.717, 1.165) is 37.9 Å². The second-order valence-electron chi connectivity index (χ2n) is 5.69. The summed E-state index contributed by atoms with van der Waals surface area (Å²) in [6, 6.07) is 8.87. The van der Waals surface area contributed by atoms with Crippen molar-refractivity contribution in [3.63, 3.8) is 0 Å². The van der Waals surface area contributed by atoms with Gasteiger partial charge in [0.05, 0.1) is 13.2 Å². The van der Waals surface area contributed by atoms with E-state index in [-0.39, 0.29) is 0 Å². The van der Waals surface area contributed by atoms with Crippen LogP contribution in [0.1, 0.15) is 25.6 Å². The van der Waals surface area contributed by atoms with Crippen LogP contribution in [0.3, 0.4) is 0 Å². The zero-order valence-electron chi connectivity index (χ0n) is 12.1. The highest BCUT2D eigenvalue weighted by molar-refractivity contribution is 6.31. The molecule has 1 aromatic carbocycles. The normalized spacial score (nSPS) is 17.2. The van der Waals surface area contributed by atoms with E-state index in [9.17, 15) is 0 Å². The van der Waals surface area contributed by atoms with Crippen LogP contribution in [0.15, 0.2) is 24.3 Å². The highest BCUT2D eigenvalue weighted by Crippen LogP contribution is 2.27. The monoisotopic (exact) mass is 292 g/mol. The van der Waals surface area contributed by atoms with Crippen LogP contribution in [0.2, 0.25) is 5.02 Å². The van der Waals surface area contributed by atoms with Crippen LogP contribution in [0.25, 0.3) is 10.9 Å². The Balaban J connectivity index is 1.98. The van der Waals surface area contributed by atoms with Crippen molar-refractivity contribution in [3.8, 4) is 0 Å². The van der Waals surface area contributed by atoms with Crippen LogP contribution in [0.4, 0.5) is 0 Å². The van der Waals surface area contributed by atoms with E-state index < -0.39 is 0 Å². The summed E-state index contributed by atoms with van der Waals surface area (Å²) in [7, 11) is 0. The van der Waals surface area contributed by atoms with Crippen molar-refractivity contribution >= 4 is 22.5 Å². The van der Waals surface area contributed by atoms with Crippen LogP contribution in [-0.2, 0) is 11.3 Å². The minimum atomic E-state index is 0.432. The summed E-state index contributed by atoms with van der Waals surface area (Å²) >= 11 is 6.16. The molecule has 2 heterocycles. The maximum absolute atomic E-state index is 6.16. The van der Waals surface area contributed by atoms with Crippen molar-refractivity contribution in [2.75, 3.05) is 26.3 Å². The lowest BCUT2D eigenvalue weighted by Gasteiger charge is -2.27. The fourth-order valence-corrected chi connectivity index (χ4v) is 3.14. The minimum Gasteiger partial charge on any atom is -0.379 e. The van der Waals surface area contributed by atoms with Gasteiger partial charge in [0, 0.05) is 47.3 Å². The van der Waals surface area contributed by atoms with Crippen molar-refractivity contribution in [2.45, 2.75) is 26.4 Å². The molecule has 2 aromatic rings. The molecule has 1 aliphatic heterocycles. The highest BCUT2D eigenvalue weighted by Gasteiger charge is 2.16. The lowest BCUT2D eigenvalue weighted by molar-refractivity contribution is 0.0331. The maximum Gasteiger partial charge on any atom is 0.0594 e. The highest BCUT2D eigenvalue weighted by atomic mass is 35.5. The number of benzene rings is 1. The number of fused-ring (bicyclic) bond motifs is 1. The second-order valence-corrected chi connectivity index (χ2v) is 6.13.